The van der Waals surface area contributed by atoms with Crippen LogP contribution >= 0.6 is 0 Å². The number of rotatable bonds is 3. The van der Waals surface area contributed by atoms with Crippen molar-refractivity contribution in [2.45, 2.75) is 49.9 Å². The number of pyridine rings is 1. The highest BCUT2D eigenvalue weighted by Crippen LogP contribution is 2.46. The van der Waals surface area contributed by atoms with Crippen molar-refractivity contribution in [1.29, 1.82) is 0 Å². The summed E-state index contributed by atoms with van der Waals surface area (Å²) in [6.45, 7) is 1.18. The maximum atomic E-state index is 13.3. The lowest BCUT2D eigenvalue weighted by Crippen LogP contribution is -2.63. The Bertz CT molecular complexity index is 784. The van der Waals surface area contributed by atoms with Gasteiger partial charge in [0.05, 0.1) is 5.92 Å². The van der Waals surface area contributed by atoms with Gasteiger partial charge in [-0.05, 0) is 49.1 Å². The second-order valence-corrected chi connectivity index (χ2v) is 8.74. The summed E-state index contributed by atoms with van der Waals surface area (Å²) in [4.78, 5) is 20.9. The number of anilines is 1. The minimum atomic E-state index is -4.39. The fourth-order valence-corrected chi connectivity index (χ4v) is 5.68. The zero-order valence-corrected chi connectivity index (χ0v) is 16.2. The molecule has 5 unspecified atom stereocenters. The SMILES string of the molecule is O=C1C2CNNC2C2CCC(c3cccnc3N3CCC3)CC2N1CC(F)(F)F. The quantitative estimate of drug-likeness (QED) is 0.800. The number of carbonyl (C=O) groups is 1. The normalized spacial score (nSPS) is 34.6. The highest BCUT2D eigenvalue weighted by molar-refractivity contribution is 5.82. The number of hydrogen-bond donors (Lipinski definition) is 2. The lowest BCUT2D eigenvalue weighted by molar-refractivity contribution is -0.178. The van der Waals surface area contributed by atoms with Crippen LogP contribution in [0, 0.1) is 11.8 Å². The van der Waals surface area contributed by atoms with Gasteiger partial charge in [-0.3, -0.25) is 15.6 Å². The lowest BCUT2D eigenvalue weighted by atomic mass is 9.67. The van der Waals surface area contributed by atoms with Crippen LogP contribution in [0.1, 0.15) is 37.2 Å². The molecule has 158 valence electrons. The summed E-state index contributed by atoms with van der Waals surface area (Å²) in [6.07, 6.45) is 0.802. The van der Waals surface area contributed by atoms with Crippen molar-refractivity contribution in [2.24, 2.45) is 11.8 Å². The van der Waals surface area contributed by atoms with E-state index in [4.69, 9.17) is 0 Å². The van der Waals surface area contributed by atoms with E-state index in [0.29, 0.717) is 13.0 Å². The monoisotopic (exact) mass is 409 g/mol. The number of hydrogen-bond acceptors (Lipinski definition) is 5. The van der Waals surface area contributed by atoms with Gasteiger partial charge in [-0.25, -0.2) is 4.98 Å². The minimum Gasteiger partial charge on any atom is -0.356 e. The number of hydrazine groups is 1. The first-order valence-electron chi connectivity index (χ1n) is 10.5. The van der Waals surface area contributed by atoms with Gasteiger partial charge in [-0.1, -0.05) is 6.07 Å². The molecule has 3 aliphatic heterocycles. The minimum absolute atomic E-state index is 0.0374. The van der Waals surface area contributed by atoms with Crippen molar-refractivity contribution in [1.82, 2.24) is 20.7 Å². The average Bonchev–Trinajstić information content (AvgIpc) is 3.13. The third-order valence-corrected chi connectivity index (χ3v) is 7.12. The molecule has 0 bridgehead atoms. The molecule has 6 nitrogen and oxygen atoms in total. The number of amides is 1. The van der Waals surface area contributed by atoms with Gasteiger partial charge in [-0.2, -0.15) is 13.2 Å². The summed E-state index contributed by atoms with van der Waals surface area (Å²) in [5.74, 6) is 0.335. The van der Waals surface area contributed by atoms with Gasteiger partial charge in [0.1, 0.15) is 12.4 Å². The van der Waals surface area contributed by atoms with Crippen LogP contribution in [-0.2, 0) is 4.79 Å². The van der Waals surface area contributed by atoms with E-state index in [1.54, 1.807) is 6.20 Å². The van der Waals surface area contributed by atoms with Crippen LogP contribution in [-0.4, -0.2) is 60.2 Å². The second kappa shape index (κ2) is 7.12. The van der Waals surface area contributed by atoms with Crippen LogP contribution in [0.2, 0.25) is 0 Å². The van der Waals surface area contributed by atoms with Crippen molar-refractivity contribution in [2.75, 3.05) is 31.1 Å². The molecule has 1 aliphatic carbocycles. The topological polar surface area (TPSA) is 60.5 Å². The van der Waals surface area contributed by atoms with Crippen LogP contribution in [0.15, 0.2) is 18.3 Å². The molecule has 0 spiro atoms. The van der Waals surface area contributed by atoms with E-state index in [2.05, 4.69) is 26.8 Å². The molecule has 4 fully saturated rings. The fraction of sp³-hybridized carbons (Fsp3) is 0.700. The predicted molar refractivity (Wildman–Crippen MR) is 101 cm³/mol. The molecule has 1 saturated carbocycles. The molecule has 5 atom stereocenters. The number of alkyl halides is 3. The van der Waals surface area contributed by atoms with Crippen molar-refractivity contribution in [3.05, 3.63) is 23.9 Å². The van der Waals surface area contributed by atoms with Gasteiger partial charge in [0.2, 0.25) is 5.91 Å². The highest BCUT2D eigenvalue weighted by Gasteiger charge is 2.54. The molecule has 1 aromatic rings. The van der Waals surface area contributed by atoms with Gasteiger partial charge in [0.15, 0.2) is 0 Å². The molecule has 5 rings (SSSR count). The van der Waals surface area contributed by atoms with Crippen LogP contribution in [0.5, 0.6) is 0 Å². The van der Waals surface area contributed by atoms with E-state index in [0.717, 1.165) is 48.6 Å². The predicted octanol–water partition coefficient (Wildman–Crippen LogP) is 2.04. The van der Waals surface area contributed by atoms with E-state index in [1.165, 1.54) is 0 Å². The summed E-state index contributed by atoms with van der Waals surface area (Å²) in [5.41, 5.74) is 7.29. The van der Waals surface area contributed by atoms with E-state index >= 15 is 0 Å². The lowest BCUT2D eigenvalue weighted by Gasteiger charge is -2.50. The molecule has 1 amide bonds. The Kier molecular flexibility index (Phi) is 4.70. The van der Waals surface area contributed by atoms with Gasteiger partial charge in [0, 0.05) is 37.9 Å². The number of carbonyl (C=O) groups excluding carboxylic acids is 1. The Morgan fingerprint density at radius 2 is 2.07 bits per heavy atom. The molecule has 4 aliphatic rings. The molecule has 9 heteroatoms. The first kappa shape index (κ1) is 19.1. The number of aromatic nitrogens is 1. The molecule has 3 saturated heterocycles. The maximum Gasteiger partial charge on any atom is 0.406 e. The highest BCUT2D eigenvalue weighted by atomic mass is 19.4. The molecular weight excluding hydrogens is 383 g/mol. The van der Waals surface area contributed by atoms with Crippen LogP contribution in [0.3, 0.4) is 0 Å². The number of halogens is 3. The molecular formula is C20H26F3N5O. The smallest absolute Gasteiger partial charge is 0.356 e. The Balaban J connectivity index is 1.44. The molecule has 29 heavy (non-hydrogen) atoms. The summed E-state index contributed by atoms with van der Waals surface area (Å²) in [6, 6.07) is 3.48. The van der Waals surface area contributed by atoms with Crippen molar-refractivity contribution < 1.29 is 18.0 Å². The Morgan fingerprint density at radius 1 is 1.24 bits per heavy atom. The standard InChI is InChI=1S/C20H26F3N5O/c21-20(22,23)11-28-16-9-12(13-3-1-6-24-18(13)27-7-2-8-27)4-5-14(16)17-15(19(28)29)10-25-26-17/h1,3,6,12,14-17,25-26H,2,4-5,7-11H2. The van der Waals surface area contributed by atoms with E-state index in [-0.39, 0.29) is 23.8 Å². The largest absolute Gasteiger partial charge is 0.406 e. The number of likely N-dealkylation sites (tertiary alicyclic amines) is 1. The molecule has 2 N–H and O–H groups in total. The molecule has 4 heterocycles. The summed E-state index contributed by atoms with van der Waals surface area (Å²) in [7, 11) is 0. The van der Waals surface area contributed by atoms with Crippen molar-refractivity contribution in [3.8, 4) is 0 Å². The second-order valence-electron chi connectivity index (χ2n) is 8.74. The summed E-state index contributed by atoms with van der Waals surface area (Å²) >= 11 is 0. The zero-order chi connectivity index (χ0) is 20.2. The summed E-state index contributed by atoms with van der Waals surface area (Å²) in [5, 5.41) is 0. The number of fused-ring (bicyclic) bond motifs is 3. The average molecular weight is 409 g/mol. The molecule has 0 aromatic carbocycles. The third kappa shape index (κ3) is 3.38. The Morgan fingerprint density at radius 3 is 2.79 bits per heavy atom. The summed E-state index contributed by atoms with van der Waals surface area (Å²) < 4.78 is 40.0. The zero-order valence-electron chi connectivity index (χ0n) is 16.2. The third-order valence-electron chi connectivity index (χ3n) is 7.12. The Labute approximate surface area is 167 Å². The van der Waals surface area contributed by atoms with E-state index in [9.17, 15) is 18.0 Å². The number of nitrogens with one attached hydrogen (secondary N) is 2. The molecule has 1 aromatic heterocycles. The fourth-order valence-electron chi connectivity index (χ4n) is 5.68. The molecule has 0 radical (unpaired) electrons. The van der Waals surface area contributed by atoms with Crippen LogP contribution in [0.25, 0.3) is 0 Å². The van der Waals surface area contributed by atoms with Crippen molar-refractivity contribution >= 4 is 11.7 Å². The van der Waals surface area contributed by atoms with E-state index in [1.807, 2.05) is 6.07 Å². The van der Waals surface area contributed by atoms with Gasteiger partial charge in [-0.15, -0.1) is 0 Å². The van der Waals surface area contributed by atoms with Crippen LogP contribution < -0.4 is 15.8 Å². The first-order valence-corrected chi connectivity index (χ1v) is 10.5. The van der Waals surface area contributed by atoms with Gasteiger partial charge < -0.3 is 9.80 Å². The van der Waals surface area contributed by atoms with Gasteiger partial charge >= 0.3 is 6.18 Å². The maximum absolute atomic E-state index is 13.3. The van der Waals surface area contributed by atoms with Crippen LogP contribution in [0.4, 0.5) is 19.0 Å². The number of piperidine rings is 1. The van der Waals surface area contributed by atoms with E-state index < -0.39 is 24.7 Å². The van der Waals surface area contributed by atoms with Crippen molar-refractivity contribution in [3.63, 3.8) is 0 Å². The first-order chi connectivity index (χ1) is 13.9. The number of nitrogens with zero attached hydrogens (tertiary/aromatic N) is 3. The van der Waals surface area contributed by atoms with Gasteiger partial charge in [0.25, 0.3) is 0 Å². The Hall–Kier alpha value is -1.87.